The fraction of sp³-hybridized carbons (Fsp3) is 0.292. The second kappa shape index (κ2) is 8.34. The summed E-state index contributed by atoms with van der Waals surface area (Å²) in [6.45, 7) is 5.93. The van der Waals surface area contributed by atoms with Crippen molar-refractivity contribution in [1.29, 1.82) is 0 Å². The van der Waals surface area contributed by atoms with Gasteiger partial charge in [0.15, 0.2) is 18.0 Å². The van der Waals surface area contributed by atoms with Gasteiger partial charge in [-0.15, -0.1) is 0 Å². The molecule has 1 amide bonds. The lowest BCUT2D eigenvalue weighted by Crippen LogP contribution is -3.28. The summed E-state index contributed by atoms with van der Waals surface area (Å²) in [5.41, 5.74) is 2.16. The summed E-state index contributed by atoms with van der Waals surface area (Å²) in [5, 5.41) is 5.34. The van der Waals surface area contributed by atoms with Crippen LogP contribution in [0, 0.1) is 0 Å². The van der Waals surface area contributed by atoms with E-state index in [2.05, 4.69) is 35.6 Å². The second-order valence-corrected chi connectivity index (χ2v) is 8.12. The van der Waals surface area contributed by atoms with E-state index in [-0.39, 0.29) is 5.91 Å². The number of anilines is 1. The summed E-state index contributed by atoms with van der Waals surface area (Å²) < 4.78 is 10.9. The van der Waals surface area contributed by atoms with Gasteiger partial charge in [-0.2, -0.15) is 0 Å². The zero-order chi connectivity index (χ0) is 20.3. The van der Waals surface area contributed by atoms with Gasteiger partial charge in [-0.25, -0.2) is 0 Å². The molecule has 1 saturated heterocycles. The standard InChI is InChI=1S/C24H25N3O3/c28-24(25-21-7-3-5-19-4-1-2-6-20(19)21)16-27-12-10-26(11-13-27)15-18-8-9-22-23(14-18)30-17-29-22/h1-9,14H,10-13,15-17H2,(H,25,28)/p+2. The van der Waals surface area contributed by atoms with Gasteiger partial charge in [-0.1, -0.05) is 36.4 Å². The lowest BCUT2D eigenvalue weighted by Gasteiger charge is -2.29. The highest BCUT2D eigenvalue weighted by Gasteiger charge is 2.25. The molecule has 6 nitrogen and oxygen atoms in total. The topological polar surface area (TPSA) is 56.4 Å². The predicted molar refractivity (Wildman–Crippen MR) is 115 cm³/mol. The first-order valence-electron chi connectivity index (χ1n) is 10.6. The molecule has 3 N–H and O–H groups in total. The Hall–Kier alpha value is -3.09. The van der Waals surface area contributed by atoms with Gasteiger partial charge in [-0.05, 0) is 29.7 Å². The fourth-order valence-corrected chi connectivity index (χ4v) is 4.41. The molecule has 0 aromatic heterocycles. The van der Waals surface area contributed by atoms with E-state index in [1.807, 2.05) is 30.3 Å². The summed E-state index contributed by atoms with van der Waals surface area (Å²) in [4.78, 5) is 15.5. The number of carbonyl (C=O) groups excluding carboxylic acids is 1. The molecule has 3 aromatic carbocycles. The third-order valence-electron chi connectivity index (χ3n) is 6.03. The van der Waals surface area contributed by atoms with E-state index >= 15 is 0 Å². The van der Waals surface area contributed by atoms with Gasteiger partial charge in [-0.3, -0.25) is 4.79 Å². The summed E-state index contributed by atoms with van der Waals surface area (Å²) in [7, 11) is 0. The van der Waals surface area contributed by atoms with E-state index in [4.69, 9.17) is 9.47 Å². The first-order valence-corrected chi connectivity index (χ1v) is 10.6. The van der Waals surface area contributed by atoms with Crippen LogP contribution in [0.4, 0.5) is 5.69 Å². The smallest absolute Gasteiger partial charge is 0.279 e. The van der Waals surface area contributed by atoms with Crippen LogP contribution in [0.3, 0.4) is 0 Å². The number of nitrogens with one attached hydrogen (secondary N) is 3. The largest absolute Gasteiger partial charge is 0.454 e. The zero-order valence-electron chi connectivity index (χ0n) is 16.9. The second-order valence-electron chi connectivity index (χ2n) is 8.12. The van der Waals surface area contributed by atoms with Gasteiger partial charge in [0.2, 0.25) is 6.79 Å². The number of hydrogen-bond donors (Lipinski definition) is 3. The normalized spacial score (nSPS) is 20.3. The molecule has 30 heavy (non-hydrogen) atoms. The van der Waals surface area contributed by atoms with Crippen LogP contribution in [-0.4, -0.2) is 45.4 Å². The molecular weight excluding hydrogens is 378 g/mol. The Kier molecular flexibility index (Phi) is 5.26. The van der Waals surface area contributed by atoms with Crippen molar-refractivity contribution in [1.82, 2.24) is 0 Å². The van der Waals surface area contributed by atoms with Gasteiger partial charge < -0.3 is 24.6 Å². The predicted octanol–water partition coefficient (Wildman–Crippen LogP) is 0.491. The third kappa shape index (κ3) is 4.10. The van der Waals surface area contributed by atoms with Crippen molar-refractivity contribution in [2.75, 3.05) is 44.8 Å². The maximum atomic E-state index is 12.6. The summed E-state index contributed by atoms with van der Waals surface area (Å²) in [6.07, 6.45) is 0. The average molecular weight is 405 g/mol. The minimum Gasteiger partial charge on any atom is -0.454 e. The number of fused-ring (bicyclic) bond motifs is 2. The van der Waals surface area contributed by atoms with Crippen LogP contribution in [0.15, 0.2) is 60.7 Å². The third-order valence-corrected chi connectivity index (χ3v) is 6.03. The highest BCUT2D eigenvalue weighted by molar-refractivity contribution is 6.02. The van der Waals surface area contributed by atoms with Gasteiger partial charge >= 0.3 is 0 Å². The van der Waals surface area contributed by atoms with Crippen LogP contribution in [0.1, 0.15) is 5.56 Å². The monoisotopic (exact) mass is 405 g/mol. The highest BCUT2D eigenvalue weighted by Crippen LogP contribution is 2.32. The number of rotatable bonds is 5. The van der Waals surface area contributed by atoms with Gasteiger partial charge in [0.1, 0.15) is 32.7 Å². The molecule has 2 heterocycles. The molecule has 0 atom stereocenters. The number of quaternary nitrogens is 2. The Morgan fingerprint density at radius 1 is 0.867 bits per heavy atom. The first kappa shape index (κ1) is 18.9. The number of amides is 1. The Morgan fingerprint density at radius 2 is 1.63 bits per heavy atom. The molecule has 0 radical (unpaired) electrons. The van der Waals surface area contributed by atoms with Crippen molar-refractivity contribution in [3.05, 3.63) is 66.2 Å². The molecular formula is C24H27N3O3+2. The lowest BCUT2D eigenvalue weighted by molar-refractivity contribution is -1.02. The van der Waals surface area contributed by atoms with Crippen LogP contribution in [-0.2, 0) is 11.3 Å². The van der Waals surface area contributed by atoms with Crippen molar-refractivity contribution in [2.24, 2.45) is 0 Å². The zero-order valence-corrected chi connectivity index (χ0v) is 16.9. The van der Waals surface area contributed by atoms with E-state index in [1.54, 1.807) is 4.90 Å². The lowest BCUT2D eigenvalue weighted by atomic mass is 10.1. The Balaban J connectivity index is 1.13. The van der Waals surface area contributed by atoms with E-state index < -0.39 is 0 Å². The number of hydrogen-bond acceptors (Lipinski definition) is 3. The van der Waals surface area contributed by atoms with Crippen LogP contribution in [0.25, 0.3) is 10.8 Å². The molecule has 2 aliphatic heterocycles. The van der Waals surface area contributed by atoms with Crippen LogP contribution >= 0.6 is 0 Å². The van der Waals surface area contributed by atoms with E-state index in [1.165, 1.54) is 10.5 Å². The number of carbonyl (C=O) groups is 1. The molecule has 2 aliphatic rings. The van der Waals surface area contributed by atoms with Crippen LogP contribution < -0.4 is 24.6 Å². The maximum Gasteiger partial charge on any atom is 0.279 e. The van der Waals surface area contributed by atoms with Crippen molar-refractivity contribution in [3.63, 3.8) is 0 Å². The van der Waals surface area contributed by atoms with Gasteiger partial charge in [0, 0.05) is 16.6 Å². The van der Waals surface area contributed by atoms with Crippen molar-refractivity contribution < 1.29 is 24.1 Å². The molecule has 0 bridgehead atoms. The molecule has 6 heteroatoms. The maximum absolute atomic E-state index is 12.6. The molecule has 0 aliphatic carbocycles. The molecule has 0 saturated carbocycles. The SMILES string of the molecule is O=C(C[NH+]1CC[NH+](Cc2ccc3c(c2)OCO3)CC1)Nc1cccc2ccccc12. The summed E-state index contributed by atoms with van der Waals surface area (Å²) in [5.74, 6) is 1.77. The van der Waals surface area contributed by atoms with Gasteiger partial charge in [0.25, 0.3) is 5.91 Å². The minimum atomic E-state index is 0.0839. The highest BCUT2D eigenvalue weighted by atomic mass is 16.7. The quantitative estimate of drug-likeness (QED) is 0.579. The van der Waals surface area contributed by atoms with Crippen LogP contribution in [0.2, 0.25) is 0 Å². The van der Waals surface area contributed by atoms with E-state index in [0.29, 0.717) is 13.3 Å². The number of piperazine rings is 1. The Labute approximate surface area is 176 Å². The molecule has 3 aromatic rings. The molecule has 5 rings (SSSR count). The molecule has 0 spiro atoms. The average Bonchev–Trinajstić information content (AvgIpc) is 3.23. The number of benzene rings is 3. The minimum absolute atomic E-state index is 0.0839. The van der Waals surface area contributed by atoms with Crippen molar-refractivity contribution >= 4 is 22.4 Å². The summed E-state index contributed by atoms with van der Waals surface area (Å²) in [6, 6.07) is 20.4. The Bertz CT molecular complexity index is 1060. The Morgan fingerprint density at radius 3 is 2.53 bits per heavy atom. The summed E-state index contributed by atoms with van der Waals surface area (Å²) >= 11 is 0. The van der Waals surface area contributed by atoms with E-state index in [9.17, 15) is 4.79 Å². The van der Waals surface area contributed by atoms with Crippen LogP contribution in [0.5, 0.6) is 11.5 Å². The van der Waals surface area contributed by atoms with Crippen molar-refractivity contribution in [3.8, 4) is 11.5 Å². The first-order chi connectivity index (χ1) is 14.7. The van der Waals surface area contributed by atoms with Crippen molar-refractivity contribution in [2.45, 2.75) is 6.54 Å². The fourth-order valence-electron chi connectivity index (χ4n) is 4.41. The molecule has 1 fully saturated rings. The van der Waals surface area contributed by atoms with E-state index in [0.717, 1.165) is 60.7 Å². The molecule has 154 valence electrons. The number of ether oxygens (including phenoxy) is 2. The van der Waals surface area contributed by atoms with Gasteiger partial charge in [0.05, 0.1) is 0 Å². The molecule has 0 unspecified atom stereocenters.